The van der Waals surface area contributed by atoms with Crippen LogP contribution in [0.3, 0.4) is 0 Å². The fraction of sp³-hybridized carbons (Fsp3) is 0.957. The van der Waals surface area contributed by atoms with Gasteiger partial charge in [0.2, 0.25) is 0 Å². The summed E-state index contributed by atoms with van der Waals surface area (Å²) in [5.74, 6) is -0.0438. The van der Waals surface area contributed by atoms with Crippen molar-refractivity contribution in [1.29, 1.82) is 0 Å². The Kier molecular flexibility index (Phi) is 20.6. The second kappa shape index (κ2) is 21.1. The number of carbonyl (C=O) groups excluding carboxylic acids is 1. The molecule has 0 aromatic rings. The fourth-order valence-electron chi connectivity index (χ4n) is 3.43. The first-order valence-electron chi connectivity index (χ1n) is 11.7. The van der Waals surface area contributed by atoms with Gasteiger partial charge in [0.05, 0.1) is 0 Å². The first kappa shape index (κ1) is 27.4. The molecule has 0 saturated carbocycles. The summed E-state index contributed by atoms with van der Waals surface area (Å²) in [4.78, 5) is 14.3. The van der Waals surface area contributed by atoms with E-state index in [0.717, 1.165) is 64.3 Å². The third-order valence-corrected chi connectivity index (χ3v) is 5.15. The summed E-state index contributed by atoms with van der Waals surface area (Å²) in [6, 6.07) is 0. The third-order valence-electron chi connectivity index (χ3n) is 5.15. The Hall–Kier alpha value is -0.650. The molecule has 0 radical (unpaired) electrons. The van der Waals surface area contributed by atoms with Crippen molar-refractivity contribution in [2.45, 2.75) is 109 Å². The molecule has 0 atom stereocenters. The molecular weight excluding hydrogens is 354 g/mol. The quantitative estimate of drug-likeness (QED) is 0.216. The van der Waals surface area contributed by atoms with Crippen molar-refractivity contribution in [3.63, 3.8) is 0 Å². The molecule has 0 saturated heterocycles. The van der Waals surface area contributed by atoms with Crippen molar-refractivity contribution in [3.05, 3.63) is 0 Å². The highest BCUT2D eigenvalue weighted by atomic mass is 16.5. The van der Waals surface area contributed by atoms with E-state index in [4.69, 9.17) is 14.9 Å². The summed E-state index contributed by atoms with van der Waals surface area (Å²) in [5, 5.41) is 17.6. The number of hydrogen-bond donors (Lipinski definition) is 2. The number of aliphatic hydroxyl groups excluding tert-OH is 2. The minimum Gasteiger partial charge on any atom is -0.462 e. The van der Waals surface area contributed by atoms with E-state index in [1.54, 1.807) is 0 Å². The molecule has 0 amide bonds. The summed E-state index contributed by atoms with van der Waals surface area (Å²) in [5.41, 5.74) is 0. The zero-order chi connectivity index (χ0) is 20.9. The van der Waals surface area contributed by atoms with Crippen LogP contribution in [0.5, 0.6) is 0 Å². The van der Waals surface area contributed by atoms with Crippen molar-refractivity contribution < 1.29 is 19.7 Å². The minimum atomic E-state index is -0.0438. The molecular formula is C23H47NO4. The molecule has 0 rings (SSSR count). The lowest BCUT2D eigenvalue weighted by atomic mass is 10.0. The average Bonchev–Trinajstić information content (AvgIpc) is 2.66. The predicted molar refractivity (Wildman–Crippen MR) is 116 cm³/mol. The van der Waals surface area contributed by atoms with Gasteiger partial charge < -0.3 is 19.8 Å². The highest BCUT2D eigenvalue weighted by Crippen LogP contribution is 2.17. The third kappa shape index (κ3) is 20.1. The van der Waals surface area contributed by atoms with Crippen LogP contribution in [0.1, 0.15) is 103 Å². The smallest absolute Gasteiger partial charge is 0.306 e. The number of carbonyl (C=O) groups is 1. The molecule has 0 fully saturated rings. The molecule has 168 valence electrons. The molecule has 0 aromatic heterocycles. The summed E-state index contributed by atoms with van der Waals surface area (Å²) >= 11 is 0. The largest absolute Gasteiger partial charge is 0.462 e. The van der Waals surface area contributed by atoms with E-state index in [2.05, 4.69) is 4.90 Å². The van der Waals surface area contributed by atoms with Crippen LogP contribution in [0.25, 0.3) is 0 Å². The predicted octanol–water partition coefficient (Wildman–Crippen LogP) is 4.69. The lowest BCUT2D eigenvalue weighted by molar-refractivity contribution is -0.150. The van der Waals surface area contributed by atoms with Gasteiger partial charge in [-0.15, -0.1) is 0 Å². The maximum Gasteiger partial charge on any atom is 0.306 e. The van der Waals surface area contributed by atoms with Crippen LogP contribution < -0.4 is 0 Å². The summed E-state index contributed by atoms with van der Waals surface area (Å²) in [6.45, 7) is 1.51. The van der Waals surface area contributed by atoms with Gasteiger partial charge in [-0.05, 0) is 65.6 Å². The summed E-state index contributed by atoms with van der Waals surface area (Å²) in [7, 11) is 4.05. The van der Waals surface area contributed by atoms with E-state index in [1.807, 2.05) is 14.1 Å². The van der Waals surface area contributed by atoms with Crippen LogP contribution in [-0.4, -0.2) is 61.0 Å². The number of unbranched alkanes of at least 4 members (excludes halogenated alkanes) is 10. The molecule has 0 aliphatic rings. The standard InChI is InChI=1S/C23H47NO4/c1-24(2)19-15-18-23(27)28-22(16-11-7-3-5-9-13-20-25)17-12-8-4-6-10-14-21-26/h22,25-26H,3-21H2,1-2H3. The topological polar surface area (TPSA) is 70.0 Å². The monoisotopic (exact) mass is 401 g/mol. The van der Waals surface area contributed by atoms with Gasteiger partial charge in [0.1, 0.15) is 6.10 Å². The number of ether oxygens (including phenoxy) is 1. The molecule has 0 bridgehead atoms. The van der Waals surface area contributed by atoms with Gasteiger partial charge >= 0.3 is 5.97 Å². The number of esters is 1. The maximum absolute atomic E-state index is 12.2. The van der Waals surface area contributed by atoms with Crippen LogP contribution in [0, 0.1) is 0 Å². The van der Waals surface area contributed by atoms with Crippen LogP contribution in [0.2, 0.25) is 0 Å². The first-order valence-corrected chi connectivity index (χ1v) is 11.7. The van der Waals surface area contributed by atoms with Crippen LogP contribution >= 0.6 is 0 Å². The van der Waals surface area contributed by atoms with Gasteiger partial charge in [-0.2, -0.15) is 0 Å². The molecule has 0 spiro atoms. The van der Waals surface area contributed by atoms with Crippen molar-refractivity contribution in [3.8, 4) is 0 Å². The molecule has 0 aliphatic heterocycles. The highest BCUT2D eigenvalue weighted by Gasteiger charge is 2.14. The Labute approximate surface area is 173 Å². The molecule has 2 N–H and O–H groups in total. The van der Waals surface area contributed by atoms with E-state index in [-0.39, 0.29) is 12.1 Å². The SMILES string of the molecule is CN(C)CCCC(=O)OC(CCCCCCCCO)CCCCCCCCO. The van der Waals surface area contributed by atoms with E-state index in [1.165, 1.54) is 38.5 Å². The Bertz CT molecular complexity index is 319. The number of nitrogens with zero attached hydrogens (tertiary/aromatic N) is 1. The van der Waals surface area contributed by atoms with Gasteiger partial charge in [-0.25, -0.2) is 0 Å². The zero-order valence-electron chi connectivity index (χ0n) is 18.7. The Morgan fingerprint density at radius 2 is 1.14 bits per heavy atom. The van der Waals surface area contributed by atoms with Gasteiger partial charge in [-0.3, -0.25) is 4.79 Å². The first-order chi connectivity index (χ1) is 13.6. The average molecular weight is 402 g/mol. The molecule has 0 unspecified atom stereocenters. The second-order valence-corrected chi connectivity index (χ2v) is 8.29. The van der Waals surface area contributed by atoms with E-state index < -0.39 is 0 Å². The molecule has 5 heteroatoms. The zero-order valence-corrected chi connectivity index (χ0v) is 18.7. The van der Waals surface area contributed by atoms with Crippen LogP contribution in [0.4, 0.5) is 0 Å². The van der Waals surface area contributed by atoms with Gasteiger partial charge in [0.25, 0.3) is 0 Å². The molecule has 0 aromatic carbocycles. The van der Waals surface area contributed by atoms with Crippen molar-refractivity contribution >= 4 is 5.97 Å². The minimum absolute atomic E-state index is 0.0438. The Morgan fingerprint density at radius 3 is 1.57 bits per heavy atom. The summed E-state index contributed by atoms with van der Waals surface area (Å²) in [6.07, 6.45) is 16.8. The lowest BCUT2D eigenvalue weighted by Crippen LogP contribution is -2.20. The number of hydrogen-bond acceptors (Lipinski definition) is 5. The van der Waals surface area contributed by atoms with Gasteiger partial charge in [0, 0.05) is 19.6 Å². The molecule has 0 heterocycles. The van der Waals surface area contributed by atoms with Crippen LogP contribution in [0.15, 0.2) is 0 Å². The van der Waals surface area contributed by atoms with Crippen molar-refractivity contribution in [2.75, 3.05) is 33.9 Å². The molecule has 0 aliphatic carbocycles. The maximum atomic E-state index is 12.2. The van der Waals surface area contributed by atoms with Gasteiger partial charge in [-0.1, -0.05) is 51.4 Å². The second-order valence-electron chi connectivity index (χ2n) is 8.29. The van der Waals surface area contributed by atoms with Crippen LogP contribution in [-0.2, 0) is 9.53 Å². The lowest BCUT2D eigenvalue weighted by Gasteiger charge is -2.18. The molecule has 28 heavy (non-hydrogen) atoms. The van der Waals surface area contributed by atoms with E-state index in [9.17, 15) is 4.79 Å². The van der Waals surface area contributed by atoms with Crippen molar-refractivity contribution in [2.24, 2.45) is 0 Å². The molecule has 5 nitrogen and oxygen atoms in total. The fourth-order valence-corrected chi connectivity index (χ4v) is 3.43. The van der Waals surface area contributed by atoms with E-state index >= 15 is 0 Å². The number of rotatable bonds is 21. The van der Waals surface area contributed by atoms with Crippen molar-refractivity contribution in [1.82, 2.24) is 4.90 Å². The normalized spacial score (nSPS) is 11.5. The highest BCUT2D eigenvalue weighted by molar-refractivity contribution is 5.69. The summed E-state index contributed by atoms with van der Waals surface area (Å²) < 4.78 is 5.80. The Morgan fingerprint density at radius 1 is 0.714 bits per heavy atom. The van der Waals surface area contributed by atoms with E-state index in [0.29, 0.717) is 19.6 Å². The van der Waals surface area contributed by atoms with Gasteiger partial charge in [0.15, 0.2) is 0 Å². The number of aliphatic hydroxyl groups is 2. The Balaban J connectivity index is 4.02.